The maximum absolute atomic E-state index is 11.9. The Morgan fingerprint density at radius 1 is 1.38 bits per heavy atom. The third-order valence-electron chi connectivity index (χ3n) is 4.61. The number of likely N-dealkylation sites (N-methyl/N-ethyl adjacent to an activating group) is 1. The maximum Gasteiger partial charge on any atom is 0.243 e. The van der Waals surface area contributed by atoms with Crippen LogP contribution in [0.25, 0.3) is 0 Å². The summed E-state index contributed by atoms with van der Waals surface area (Å²) < 4.78 is 0. The minimum atomic E-state index is 0. The summed E-state index contributed by atoms with van der Waals surface area (Å²) in [4.78, 5) is 23.6. The van der Waals surface area contributed by atoms with Gasteiger partial charge in [-0.2, -0.15) is 0 Å². The maximum atomic E-state index is 11.9. The molecule has 6 nitrogen and oxygen atoms in total. The lowest BCUT2D eigenvalue weighted by Crippen LogP contribution is -2.48. The number of halogens is 1. The van der Waals surface area contributed by atoms with E-state index in [0.717, 1.165) is 30.4 Å². The van der Waals surface area contributed by atoms with Gasteiger partial charge in [0.25, 0.3) is 0 Å². The quantitative estimate of drug-likeness (QED) is 0.364. The predicted octanol–water partition coefficient (Wildman–Crippen LogP) is 2.81. The van der Waals surface area contributed by atoms with Crippen molar-refractivity contribution in [3.63, 3.8) is 0 Å². The Labute approximate surface area is 178 Å². The second-order valence-corrected chi connectivity index (χ2v) is 8.33. The molecule has 1 aromatic rings. The molecule has 1 aromatic heterocycles. The van der Waals surface area contributed by atoms with Gasteiger partial charge in [0.2, 0.25) is 5.91 Å². The van der Waals surface area contributed by atoms with Crippen LogP contribution in [0.5, 0.6) is 0 Å². The van der Waals surface area contributed by atoms with Gasteiger partial charge in [0.05, 0.1) is 5.01 Å². The van der Waals surface area contributed by atoms with Crippen molar-refractivity contribution in [2.45, 2.75) is 52.0 Å². The van der Waals surface area contributed by atoms with E-state index in [2.05, 4.69) is 34.5 Å². The molecule has 8 heteroatoms. The van der Waals surface area contributed by atoms with Crippen LogP contribution in [-0.2, 0) is 11.2 Å². The number of nitrogens with zero attached hydrogens (tertiary/aromatic N) is 3. The van der Waals surface area contributed by atoms with Gasteiger partial charge in [-0.1, -0.05) is 19.8 Å². The van der Waals surface area contributed by atoms with E-state index in [0.29, 0.717) is 12.0 Å². The Hall–Kier alpha value is -0.900. The first-order valence-corrected chi connectivity index (χ1v) is 9.93. The van der Waals surface area contributed by atoms with E-state index in [-0.39, 0.29) is 36.4 Å². The summed E-state index contributed by atoms with van der Waals surface area (Å²) in [6.45, 7) is 5.29. The van der Waals surface area contributed by atoms with E-state index < -0.39 is 0 Å². The fourth-order valence-electron chi connectivity index (χ4n) is 2.95. The first-order valence-electron chi connectivity index (χ1n) is 9.12. The number of hydrogen-bond donors (Lipinski definition) is 2. The highest BCUT2D eigenvalue weighted by atomic mass is 127. The van der Waals surface area contributed by atoms with E-state index in [4.69, 9.17) is 0 Å². The molecule has 0 bridgehead atoms. The van der Waals surface area contributed by atoms with E-state index in [1.54, 1.807) is 30.3 Å². The van der Waals surface area contributed by atoms with Crippen molar-refractivity contribution in [1.29, 1.82) is 0 Å². The molecule has 1 aliphatic carbocycles. The van der Waals surface area contributed by atoms with Gasteiger partial charge in [0.15, 0.2) is 5.96 Å². The number of carbonyl (C=O) groups excluding carboxylic acids is 1. The molecule has 1 heterocycles. The van der Waals surface area contributed by atoms with E-state index in [9.17, 15) is 4.79 Å². The summed E-state index contributed by atoms with van der Waals surface area (Å²) in [6.07, 6.45) is 7.75. The van der Waals surface area contributed by atoms with Crippen LogP contribution in [0.15, 0.2) is 11.2 Å². The van der Waals surface area contributed by atoms with Crippen molar-refractivity contribution in [3.05, 3.63) is 16.1 Å². The van der Waals surface area contributed by atoms with Crippen molar-refractivity contribution < 1.29 is 4.79 Å². The smallest absolute Gasteiger partial charge is 0.243 e. The number of carbonyl (C=O) groups is 1. The van der Waals surface area contributed by atoms with Crippen LogP contribution in [0.4, 0.5) is 0 Å². The van der Waals surface area contributed by atoms with E-state index in [1.165, 1.54) is 24.1 Å². The molecule has 1 saturated carbocycles. The highest BCUT2D eigenvalue weighted by Gasteiger charge is 2.22. The Morgan fingerprint density at radius 2 is 2.12 bits per heavy atom. The Balaban J connectivity index is 0.00000338. The van der Waals surface area contributed by atoms with Crippen molar-refractivity contribution in [2.75, 3.05) is 27.2 Å². The second-order valence-electron chi connectivity index (χ2n) is 7.01. The Morgan fingerprint density at radius 3 is 2.73 bits per heavy atom. The molecule has 0 spiro atoms. The largest absolute Gasteiger partial charge is 0.356 e. The number of aryl methyl sites for hydroxylation is 1. The SMILES string of the molecule is Cc1cnc(CCNC(=NCC(=O)N(C)C)NC2CCCCC2C)s1.I. The molecule has 0 saturated heterocycles. The minimum absolute atomic E-state index is 0. The molecular formula is C18H32IN5OS. The third kappa shape index (κ3) is 7.77. The average Bonchev–Trinajstić information content (AvgIpc) is 2.99. The molecule has 0 radical (unpaired) electrons. The monoisotopic (exact) mass is 493 g/mol. The fourth-order valence-corrected chi connectivity index (χ4v) is 3.74. The molecule has 0 aliphatic heterocycles. The Kier molecular flexibility index (Phi) is 10.4. The zero-order valence-electron chi connectivity index (χ0n) is 16.2. The zero-order chi connectivity index (χ0) is 18.2. The molecule has 2 N–H and O–H groups in total. The molecule has 148 valence electrons. The van der Waals surface area contributed by atoms with E-state index >= 15 is 0 Å². The van der Waals surface area contributed by atoms with Gasteiger partial charge < -0.3 is 15.5 Å². The average molecular weight is 493 g/mol. The molecule has 1 amide bonds. The number of guanidine groups is 1. The topological polar surface area (TPSA) is 69.6 Å². The number of aliphatic imine (C=N–C) groups is 1. The fraction of sp³-hybridized carbons (Fsp3) is 0.722. The molecule has 0 aromatic carbocycles. The van der Waals surface area contributed by atoms with Crippen molar-refractivity contribution in [2.24, 2.45) is 10.9 Å². The first-order chi connectivity index (χ1) is 12.0. The van der Waals surface area contributed by atoms with Gasteiger partial charge in [0, 0.05) is 44.2 Å². The van der Waals surface area contributed by atoms with Gasteiger partial charge in [0.1, 0.15) is 6.54 Å². The van der Waals surface area contributed by atoms with Gasteiger partial charge in [-0.25, -0.2) is 9.98 Å². The van der Waals surface area contributed by atoms with Crippen LogP contribution >= 0.6 is 35.3 Å². The predicted molar refractivity (Wildman–Crippen MR) is 120 cm³/mol. The molecule has 1 fully saturated rings. The summed E-state index contributed by atoms with van der Waals surface area (Å²) in [7, 11) is 3.51. The lowest BCUT2D eigenvalue weighted by Gasteiger charge is -2.31. The molecule has 2 unspecified atom stereocenters. The zero-order valence-corrected chi connectivity index (χ0v) is 19.4. The van der Waals surface area contributed by atoms with Crippen LogP contribution < -0.4 is 10.6 Å². The van der Waals surface area contributed by atoms with Crippen LogP contribution in [-0.4, -0.2) is 55.0 Å². The number of nitrogens with one attached hydrogen (secondary N) is 2. The van der Waals surface area contributed by atoms with Gasteiger partial charge in [-0.3, -0.25) is 4.79 Å². The number of amides is 1. The van der Waals surface area contributed by atoms with Crippen LogP contribution in [0.3, 0.4) is 0 Å². The molecular weight excluding hydrogens is 461 g/mol. The standard InChI is InChI=1S/C18H31N5OS.HI/c1-13-7-5-6-8-15(13)22-18(21-12-17(24)23(3)4)19-10-9-16-20-11-14(2)25-16;/h11,13,15H,5-10,12H2,1-4H3,(H2,19,21,22);1H. The summed E-state index contributed by atoms with van der Waals surface area (Å²) in [5.41, 5.74) is 0. The highest BCUT2D eigenvalue weighted by molar-refractivity contribution is 14.0. The number of thiazole rings is 1. The summed E-state index contributed by atoms with van der Waals surface area (Å²) in [5.74, 6) is 1.38. The van der Waals surface area contributed by atoms with Crippen molar-refractivity contribution in [3.8, 4) is 0 Å². The normalized spacial score (nSPS) is 20.2. The third-order valence-corrected chi connectivity index (χ3v) is 5.58. The minimum Gasteiger partial charge on any atom is -0.356 e. The number of rotatable bonds is 6. The van der Waals surface area contributed by atoms with Crippen molar-refractivity contribution >= 4 is 47.2 Å². The van der Waals surface area contributed by atoms with Crippen LogP contribution in [0, 0.1) is 12.8 Å². The summed E-state index contributed by atoms with van der Waals surface area (Å²) in [5, 5.41) is 8.04. The van der Waals surface area contributed by atoms with E-state index in [1.807, 2.05) is 6.20 Å². The molecule has 2 rings (SSSR count). The van der Waals surface area contributed by atoms with Crippen molar-refractivity contribution in [1.82, 2.24) is 20.5 Å². The first kappa shape index (κ1) is 23.1. The molecule has 1 aliphatic rings. The molecule has 26 heavy (non-hydrogen) atoms. The van der Waals surface area contributed by atoms with Crippen LogP contribution in [0.1, 0.15) is 42.5 Å². The number of aromatic nitrogens is 1. The van der Waals surface area contributed by atoms with Crippen LogP contribution in [0.2, 0.25) is 0 Å². The van der Waals surface area contributed by atoms with Gasteiger partial charge in [-0.15, -0.1) is 35.3 Å². The summed E-state index contributed by atoms with van der Waals surface area (Å²) >= 11 is 1.73. The lowest BCUT2D eigenvalue weighted by molar-refractivity contribution is -0.127. The summed E-state index contributed by atoms with van der Waals surface area (Å²) in [6, 6.07) is 0.427. The lowest BCUT2D eigenvalue weighted by atomic mass is 9.86. The second kappa shape index (κ2) is 11.7. The van der Waals surface area contributed by atoms with Gasteiger partial charge in [-0.05, 0) is 25.7 Å². The van der Waals surface area contributed by atoms with Gasteiger partial charge >= 0.3 is 0 Å². The number of hydrogen-bond acceptors (Lipinski definition) is 4. The highest BCUT2D eigenvalue weighted by Crippen LogP contribution is 2.23. The Bertz CT molecular complexity index is 590. The molecule has 2 atom stereocenters.